The highest BCUT2D eigenvalue weighted by Gasteiger charge is 2.24. The smallest absolute Gasteiger partial charge is 0.160 e. The molecule has 5 heteroatoms. The van der Waals surface area contributed by atoms with Crippen LogP contribution in [-0.2, 0) is 6.54 Å². The third-order valence-corrected chi connectivity index (χ3v) is 3.41. The largest absolute Gasteiger partial charge is 0.311 e. The lowest BCUT2D eigenvalue weighted by Crippen LogP contribution is -2.33. The van der Waals surface area contributed by atoms with Crippen molar-refractivity contribution in [1.29, 1.82) is 0 Å². The lowest BCUT2D eigenvalue weighted by atomic mass is 9.92. The molecule has 0 radical (unpaired) electrons. The highest BCUT2D eigenvalue weighted by Crippen LogP contribution is 2.28. The van der Waals surface area contributed by atoms with Crippen LogP contribution in [0.2, 0.25) is 0 Å². The van der Waals surface area contributed by atoms with Gasteiger partial charge in [-0.25, -0.2) is 9.97 Å². The van der Waals surface area contributed by atoms with Gasteiger partial charge in [-0.2, -0.15) is 0 Å². The minimum Gasteiger partial charge on any atom is -0.311 e. The quantitative estimate of drug-likeness (QED) is 0.793. The van der Waals surface area contributed by atoms with Gasteiger partial charge in [0.25, 0.3) is 0 Å². The van der Waals surface area contributed by atoms with E-state index < -0.39 is 0 Å². The van der Waals surface area contributed by atoms with Gasteiger partial charge in [-0.1, -0.05) is 13.8 Å². The van der Waals surface area contributed by atoms with E-state index in [0.717, 1.165) is 30.1 Å². The zero-order valence-electron chi connectivity index (χ0n) is 12.9. The maximum Gasteiger partial charge on any atom is 0.160 e. The Balaban J connectivity index is 2.44. The number of pyridine rings is 1. The summed E-state index contributed by atoms with van der Waals surface area (Å²) in [6.45, 7) is 8.31. The van der Waals surface area contributed by atoms with Crippen LogP contribution in [-0.4, -0.2) is 40.1 Å². The Kier molecular flexibility index (Phi) is 4.35. The Morgan fingerprint density at radius 1 is 1.40 bits per heavy atom. The van der Waals surface area contributed by atoms with E-state index in [0.29, 0.717) is 0 Å². The van der Waals surface area contributed by atoms with Crippen molar-refractivity contribution in [1.82, 2.24) is 19.4 Å². The number of alkyl halides is 1. The third-order valence-electron chi connectivity index (χ3n) is 3.22. The number of hydrogen-bond acceptors (Lipinski definition) is 3. The van der Waals surface area contributed by atoms with Crippen molar-refractivity contribution < 1.29 is 0 Å². The Morgan fingerprint density at radius 2 is 2.10 bits per heavy atom. The Morgan fingerprint density at radius 3 is 2.70 bits per heavy atom. The predicted octanol–water partition coefficient (Wildman–Crippen LogP) is 3.32. The van der Waals surface area contributed by atoms with Crippen molar-refractivity contribution in [2.24, 2.45) is 5.41 Å². The van der Waals surface area contributed by atoms with Crippen LogP contribution in [0.5, 0.6) is 0 Å². The normalized spacial score (nSPS) is 14.2. The van der Waals surface area contributed by atoms with Crippen LogP contribution < -0.4 is 0 Å². The number of rotatable bonds is 5. The van der Waals surface area contributed by atoms with Crippen LogP contribution in [0, 0.1) is 5.41 Å². The zero-order valence-corrected chi connectivity index (χ0v) is 13.6. The first-order valence-electron chi connectivity index (χ1n) is 6.90. The minimum atomic E-state index is -0.126. The average Bonchev–Trinajstić information content (AvgIpc) is 2.66. The molecule has 0 aliphatic rings. The zero-order chi connectivity index (χ0) is 14.9. The summed E-state index contributed by atoms with van der Waals surface area (Å²) in [6.07, 6.45) is 1.81. The van der Waals surface area contributed by atoms with Crippen LogP contribution in [0.4, 0.5) is 0 Å². The van der Waals surface area contributed by atoms with Gasteiger partial charge in [0, 0.05) is 19.3 Å². The Labute approximate surface area is 125 Å². The van der Waals surface area contributed by atoms with Crippen LogP contribution in [0.1, 0.15) is 32.0 Å². The molecule has 0 N–H and O–H groups in total. The summed E-state index contributed by atoms with van der Waals surface area (Å²) in [5, 5.41) is -0.126. The molecule has 0 amide bonds. The number of aromatic nitrogens is 3. The van der Waals surface area contributed by atoms with Crippen molar-refractivity contribution in [3.05, 3.63) is 24.2 Å². The van der Waals surface area contributed by atoms with E-state index in [1.54, 1.807) is 0 Å². The molecule has 0 aliphatic carbocycles. The summed E-state index contributed by atoms with van der Waals surface area (Å²) in [7, 11) is 4.19. The highest BCUT2D eigenvalue weighted by atomic mass is 35.5. The van der Waals surface area contributed by atoms with Crippen molar-refractivity contribution in [3.8, 4) is 0 Å². The van der Waals surface area contributed by atoms with Gasteiger partial charge in [0.15, 0.2) is 5.65 Å². The molecule has 20 heavy (non-hydrogen) atoms. The first-order valence-corrected chi connectivity index (χ1v) is 7.34. The molecule has 2 heterocycles. The number of hydrogen-bond donors (Lipinski definition) is 0. The van der Waals surface area contributed by atoms with Crippen LogP contribution in [0.15, 0.2) is 18.3 Å². The van der Waals surface area contributed by atoms with Gasteiger partial charge in [0.1, 0.15) is 11.3 Å². The lowest BCUT2D eigenvalue weighted by Gasteiger charge is -2.29. The summed E-state index contributed by atoms with van der Waals surface area (Å²) in [5.74, 6) is 0.896. The second kappa shape index (κ2) is 5.70. The summed E-state index contributed by atoms with van der Waals surface area (Å²) < 4.78 is 2.16. The standard InChI is InChI=1S/C15H23ClN4/c1-11(16)13-18-12-7-6-8-17-14(12)20(13)10-15(2,3)9-19(4)5/h6-8,11H,9-10H2,1-5H3. The van der Waals surface area contributed by atoms with E-state index in [2.05, 4.69) is 47.4 Å². The van der Waals surface area contributed by atoms with Gasteiger partial charge in [0.05, 0.1) is 5.38 Å². The van der Waals surface area contributed by atoms with Crippen LogP contribution in [0.3, 0.4) is 0 Å². The molecule has 1 unspecified atom stereocenters. The van der Waals surface area contributed by atoms with Crippen molar-refractivity contribution >= 4 is 22.8 Å². The predicted molar refractivity (Wildman–Crippen MR) is 84.1 cm³/mol. The van der Waals surface area contributed by atoms with E-state index in [1.165, 1.54) is 0 Å². The summed E-state index contributed by atoms with van der Waals surface area (Å²) in [4.78, 5) is 11.3. The topological polar surface area (TPSA) is 34.0 Å². The van der Waals surface area contributed by atoms with Gasteiger partial charge < -0.3 is 9.47 Å². The molecule has 0 saturated heterocycles. The fourth-order valence-corrected chi connectivity index (χ4v) is 2.94. The molecule has 0 bridgehead atoms. The van der Waals surface area contributed by atoms with E-state index in [-0.39, 0.29) is 10.8 Å². The second-order valence-electron chi connectivity index (χ2n) is 6.42. The first kappa shape index (κ1) is 15.3. The molecule has 110 valence electrons. The van der Waals surface area contributed by atoms with E-state index >= 15 is 0 Å². The molecular weight excluding hydrogens is 272 g/mol. The minimum absolute atomic E-state index is 0.120. The molecular formula is C15H23ClN4. The van der Waals surface area contributed by atoms with Crippen LogP contribution >= 0.6 is 11.6 Å². The first-order chi connectivity index (χ1) is 9.30. The maximum atomic E-state index is 6.29. The van der Waals surface area contributed by atoms with Gasteiger partial charge in [0.2, 0.25) is 0 Å². The SMILES string of the molecule is CC(Cl)c1nc2cccnc2n1CC(C)(C)CN(C)C. The maximum absolute atomic E-state index is 6.29. The summed E-state index contributed by atoms with van der Waals surface area (Å²) in [5.41, 5.74) is 1.95. The molecule has 4 nitrogen and oxygen atoms in total. The van der Waals surface area contributed by atoms with E-state index in [9.17, 15) is 0 Å². The molecule has 0 aliphatic heterocycles. The lowest BCUT2D eigenvalue weighted by molar-refractivity contribution is 0.211. The third kappa shape index (κ3) is 3.30. The molecule has 0 aromatic carbocycles. The fraction of sp³-hybridized carbons (Fsp3) is 0.600. The monoisotopic (exact) mass is 294 g/mol. The second-order valence-corrected chi connectivity index (χ2v) is 7.07. The summed E-state index contributed by atoms with van der Waals surface area (Å²) >= 11 is 6.29. The van der Waals surface area contributed by atoms with Gasteiger partial charge in [-0.05, 0) is 38.6 Å². The summed E-state index contributed by atoms with van der Waals surface area (Å²) in [6, 6.07) is 3.90. The molecule has 2 aromatic rings. The molecule has 2 aromatic heterocycles. The van der Waals surface area contributed by atoms with Crippen molar-refractivity contribution in [2.75, 3.05) is 20.6 Å². The van der Waals surface area contributed by atoms with Gasteiger partial charge >= 0.3 is 0 Å². The Bertz CT molecular complexity index is 587. The Hall–Kier alpha value is -1.13. The molecule has 0 fully saturated rings. The fourth-order valence-electron chi connectivity index (χ4n) is 2.77. The average molecular weight is 295 g/mol. The van der Waals surface area contributed by atoms with Crippen LogP contribution in [0.25, 0.3) is 11.2 Å². The molecule has 1 atom stereocenters. The molecule has 0 saturated carbocycles. The van der Waals surface area contributed by atoms with Crippen molar-refractivity contribution in [2.45, 2.75) is 32.7 Å². The highest BCUT2D eigenvalue weighted by molar-refractivity contribution is 6.20. The number of halogens is 1. The number of imidazole rings is 1. The van der Waals surface area contributed by atoms with Gasteiger partial charge in [-0.3, -0.25) is 0 Å². The number of nitrogens with zero attached hydrogens (tertiary/aromatic N) is 4. The van der Waals surface area contributed by atoms with Crippen molar-refractivity contribution in [3.63, 3.8) is 0 Å². The van der Waals surface area contributed by atoms with E-state index in [1.807, 2.05) is 25.3 Å². The van der Waals surface area contributed by atoms with Gasteiger partial charge in [-0.15, -0.1) is 11.6 Å². The van der Waals surface area contributed by atoms with E-state index in [4.69, 9.17) is 11.6 Å². The molecule has 2 rings (SSSR count). The number of fused-ring (bicyclic) bond motifs is 1. The molecule has 0 spiro atoms.